The number of benzene rings is 2. The monoisotopic (exact) mass is 429 g/mol. The number of aryl methyl sites for hydroxylation is 1. The molecule has 4 nitrogen and oxygen atoms in total. The Bertz CT molecular complexity index is 1240. The molecule has 0 aliphatic heterocycles. The number of urea groups is 1. The number of rotatable bonds is 3. The van der Waals surface area contributed by atoms with Crippen LogP contribution in [0, 0.1) is 18.6 Å². The Labute approximate surface area is 174 Å². The van der Waals surface area contributed by atoms with Gasteiger partial charge in [0, 0.05) is 26.9 Å². The lowest BCUT2D eigenvalue weighted by atomic mass is 10.0. The summed E-state index contributed by atoms with van der Waals surface area (Å²) in [6.07, 6.45) is 1.54. The van der Waals surface area contributed by atoms with E-state index in [0.717, 1.165) is 39.0 Å². The van der Waals surface area contributed by atoms with E-state index in [-0.39, 0.29) is 5.69 Å². The molecule has 0 unspecified atom stereocenters. The molecule has 0 aliphatic carbocycles. The Morgan fingerprint density at radius 1 is 1.07 bits per heavy atom. The summed E-state index contributed by atoms with van der Waals surface area (Å²) in [5.74, 6) is -1.59. The van der Waals surface area contributed by atoms with Crippen LogP contribution >= 0.6 is 22.9 Å². The predicted molar refractivity (Wildman–Crippen MR) is 114 cm³/mol. The fraction of sp³-hybridized carbons (Fsp3) is 0.0476. The maximum Gasteiger partial charge on any atom is 0.323 e. The average Bonchev–Trinajstić information content (AvgIpc) is 3.09. The number of hydrogen-bond acceptors (Lipinski definition) is 3. The number of halogens is 3. The number of nitrogens with zero attached hydrogens (tertiary/aromatic N) is 1. The number of fused-ring (bicyclic) bond motifs is 1. The van der Waals surface area contributed by atoms with Crippen LogP contribution < -0.4 is 10.6 Å². The van der Waals surface area contributed by atoms with Crippen molar-refractivity contribution in [3.05, 3.63) is 75.6 Å². The van der Waals surface area contributed by atoms with Crippen molar-refractivity contribution >= 4 is 51.2 Å². The van der Waals surface area contributed by atoms with Crippen molar-refractivity contribution in [2.45, 2.75) is 6.92 Å². The van der Waals surface area contributed by atoms with Crippen LogP contribution in [0.1, 0.15) is 4.88 Å². The first-order valence-corrected chi connectivity index (χ1v) is 9.84. The van der Waals surface area contributed by atoms with Crippen molar-refractivity contribution in [2.75, 3.05) is 10.6 Å². The van der Waals surface area contributed by atoms with Gasteiger partial charge in [0.05, 0.1) is 23.1 Å². The molecule has 2 aromatic carbocycles. The van der Waals surface area contributed by atoms with E-state index in [1.54, 1.807) is 35.7 Å². The van der Waals surface area contributed by atoms with Crippen LogP contribution in [-0.2, 0) is 0 Å². The largest absolute Gasteiger partial charge is 0.323 e. The third-order valence-corrected chi connectivity index (χ3v) is 5.47. The van der Waals surface area contributed by atoms with Gasteiger partial charge in [-0.1, -0.05) is 11.6 Å². The molecule has 4 rings (SSSR count). The molecule has 0 spiro atoms. The van der Waals surface area contributed by atoms with Crippen LogP contribution in [0.3, 0.4) is 0 Å². The molecule has 0 aliphatic rings. The topological polar surface area (TPSA) is 54.0 Å². The molecule has 8 heteroatoms. The molecule has 0 atom stereocenters. The van der Waals surface area contributed by atoms with Crippen molar-refractivity contribution in [2.24, 2.45) is 0 Å². The summed E-state index contributed by atoms with van der Waals surface area (Å²) in [6, 6.07) is 9.56. The first-order valence-electron chi connectivity index (χ1n) is 8.58. The Hall–Kier alpha value is -3.03. The number of amides is 2. The summed E-state index contributed by atoms with van der Waals surface area (Å²) in [4.78, 5) is 17.9. The van der Waals surface area contributed by atoms with E-state index in [1.807, 2.05) is 18.4 Å². The minimum atomic E-state index is -0.863. The Morgan fingerprint density at radius 2 is 1.86 bits per heavy atom. The van der Waals surface area contributed by atoms with Crippen molar-refractivity contribution < 1.29 is 13.6 Å². The first-order chi connectivity index (χ1) is 13.9. The Kier molecular flexibility index (Phi) is 5.17. The highest BCUT2D eigenvalue weighted by atomic mass is 35.5. The number of nitrogens with one attached hydrogen (secondary N) is 2. The minimum absolute atomic E-state index is 0.131. The number of hydrogen-bond donors (Lipinski definition) is 2. The molecule has 2 heterocycles. The van der Waals surface area contributed by atoms with Gasteiger partial charge in [-0.25, -0.2) is 13.6 Å². The number of thiophene rings is 1. The average molecular weight is 430 g/mol. The van der Waals surface area contributed by atoms with E-state index in [1.165, 1.54) is 0 Å². The molecule has 29 heavy (non-hydrogen) atoms. The van der Waals surface area contributed by atoms with E-state index in [2.05, 4.69) is 15.6 Å². The zero-order chi connectivity index (χ0) is 20.5. The fourth-order valence-corrected chi connectivity index (χ4v) is 3.94. The van der Waals surface area contributed by atoms with E-state index < -0.39 is 17.7 Å². The SMILES string of the molecule is Cc1sccc1-c1c(NC(=O)Nc2ccc(F)cc2F)cnc2ccc(Cl)cc12. The highest BCUT2D eigenvalue weighted by Crippen LogP contribution is 2.39. The number of pyridine rings is 1. The van der Waals surface area contributed by atoms with Crippen LogP contribution in [0.25, 0.3) is 22.0 Å². The van der Waals surface area contributed by atoms with Gasteiger partial charge in [0.15, 0.2) is 0 Å². The minimum Gasteiger partial charge on any atom is -0.306 e. The lowest BCUT2D eigenvalue weighted by Crippen LogP contribution is -2.20. The summed E-state index contributed by atoms with van der Waals surface area (Å²) in [7, 11) is 0. The lowest BCUT2D eigenvalue weighted by molar-refractivity contribution is 0.262. The summed E-state index contributed by atoms with van der Waals surface area (Å²) in [5, 5.41) is 8.39. The molecule has 2 N–H and O–H groups in total. The summed E-state index contributed by atoms with van der Waals surface area (Å²) in [6.45, 7) is 1.98. The second-order valence-electron chi connectivity index (χ2n) is 6.30. The van der Waals surface area contributed by atoms with Gasteiger partial charge in [0.1, 0.15) is 11.6 Å². The summed E-state index contributed by atoms with van der Waals surface area (Å²) < 4.78 is 26.9. The van der Waals surface area contributed by atoms with E-state index in [0.29, 0.717) is 16.8 Å². The van der Waals surface area contributed by atoms with Gasteiger partial charge >= 0.3 is 6.03 Å². The van der Waals surface area contributed by atoms with Gasteiger partial charge in [-0.15, -0.1) is 11.3 Å². The van der Waals surface area contributed by atoms with Crippen LogP contribution in [0.2, 0.25) is 5.02 Å². The normalized spacial score (nSPS) is 10.9. The third-order valence-electron chi connectivity index (χ3n) is 4.39. The number of aromatic nitrogens is 1. The van der Waals surface area contributed by atoms with Crippen LogP contribution in [0.4, 0.5) is 25.0 Å². The van der Waals surface area contributed by atoms with E-state index in [4.69, 9.17) is 11.6 Å². The van der Waals surface area contributed by atoms with Crippen molar-refractivity contribution in [1.82, 2.24) is 4.98 Å². The molecule has 0 saturated heterocycles. The van der Waals surface area contributed by atoms with Gasteiger partial charge in [-0.3, -0.25) is 4.98 Å². The maximum absolute atomic E-state index is 13.8. The molecule has 0 radical (unpaired) electrons. The summed E-state index contributed by atoms with van der Waals surface area (Å²) in [5.41, 5.74) is 2.75. The zero-order valence-corrected chi connectivity index (χ0v) is 16.7. The Morgan fingerprint density at radius 3 is 2.59 bits per heavy atom. The zero-order valence-electron chi connectivity index (χ0n) is 15.1. The molecule has 146 valence electrons. The fourth-order valence-electron chi connectivity index (χ4n) is 3.06. The van der Waals surface area contributed by atoms with Crippen molar-refractivity contribution in [3.8, 4) is 11.1 Å². The first kappa shape index (κ1) is 19.3. The molecular formula is C21H14ClF2N3OS. The molecular weight excluding hydrogens is 416 g/mol. The smallest absolute Gasteiger partial charge is 0.306 e. The van der Waals surface area contributed by atoms with Gasteiger partial charge in [-0.2, -0.15) is 0 Å². The predicted octanol–water partition coefficient (Wildman–Crippen LogP) is 6.85. The van der Waals surface area contributed by atoms with Gasteiger partial charge in [0.2, 0.25) is 0 Å². The van der Waals surface area contributed by atoms with Crippen LogP contribution in [0.5, 0.6) is 0 Å². The molecule has 4 aromatic rings. The number of carbonyl (C=O) groups is 1. The quantitative estimate of drug-likeness (QED) is 0.374. The molecule has 0 fully saturated rings. The highest BCUT2D eigenvalue weighted by molar-refractivity contribution is 7.10. The Balaban J connectivity index is 1.75. The second kappa shape index (κ2) is 7.77. The highest BCUT2D eigenvalue weighted by Gasteiger charge is 2.17. The van der Waals surface area contributed by atoms with Gasteiger partial charge < -0.3 is 10.6 Å². The van der Waals surface area contributed by atoms with E-state index in [9.17, 15) is 13.6 Å². The maximum atomic E-state index is 13.8. The van der Waals surface area contributed by atoms with Gasteiger partial charge in [-0.05, 0) is 54.3 Å². The second-order valence-corrected chi connectivity index (χ2v) is 7.86. The molecule has 2 amide bonds. The molecule has 0 saturated carbocycles. The molecule has 2 aromatic heterocycles. The third kappa shape index (κ3) is 3.92. The standard InChI is InChI=1S/C21H14ClF2N3OS/c1-11-14(6-7-29-11)20-15-8-12(22)2-4-17(15)25-10-19(20)27-21(28)26-18-5-3-13(23)9-16(18)24/h2-10H,1H3,(H2,26,27,28). The van der Waals surface area contributed by atoms with Gasteiger partial charge in [0.25, 0.3) is 0 Å². The van der Waals surface area contributed by atoms with Crippen molar-refractivity contribution in [3.63, 3.8) is 0 Å². The number of carbonyl (C=O) groups excluding carboxylic acids is 1. The number of anilines is 2. The summed E-state index contributed by atoms with van der Waals surface area (Å²) >= 11 is 7.77. The van der Waals surface area contributed by atoms with Crippen molar-refractivity contribution in [1.29, 1.82) is 0 Å². The molecule has 0 bridgehead atoms. The lowest BCUT2D eigenvalue weighted by Gasteiger charge is -2.15. The van der Waals surface area contributed by atoms with Crippen LogP contribution in [0.15, 0.2) is 54.0 Å². The van der Waals surface area contributed by atoms with Crippen LogP contribution in [-0.4, -0.2) is 11.0 Å². The van der Waals surface area contributed by atoms with E-state index >= 15 is 0 Å².